The maximum atomic E-state index is 13.3. The van der Waals surface area contributed by atoms with Crippen molar-refractivity contribution in [1.82, 2.24) is 9.78 Å². The van der Waals surface area contributed by atoms with Crippen LogP contribution in [0, 0.1) is 64.1 Å². The molecule has 1 aromatic rings. The number of ketones is 1. The first kappa shape index (κ1) is 20.0. The van der Waals surface area contributed by atoms with Crippen LogP contribution in [0.1, 0.15) is 70.8 Å². The summed E-state index contributed by atoms with van der Waals surface area (Å²) >= 11 is 0. The fourth-order valence-electron chi connectivity index (χ4n) is 9.54. The zero-order valence-corrected chi connectivity index (χ0v) is 18.8. The molecule has 5 fully saturated rings. The minimum Gasteiger partial charge on any atom is -0.389 e. The Balaban J connectivity index is 1.19. The number of Topliss-reactive ketones (excluding diaryl/α,β-unsaturated/α-hetero) is 1. The second-order valence-corrected chi connectivity index (χ2v) is 11.9. The van der Waals surface area contributed by atoms with E-state index in [4.69, 9.17) is 5.26 Å². The lowest BCUT2D eigenvalue weighted by Crippen LogP contribution is -2.50. The summed E-state index contributed by atoms with van der Waals surface area (Å²) in [7, 11) is 0. The monoisotopic (exact) mass is 421 g/mol. The predicted molar refractivity (Wildman–Crippen MR) is 116 cm³/mol. The molecule has 31 heavy (non-hydrogen) atoms. The summed E-state index contributed by atoms with van der Waals surface area (Å²) in [5.74, 6) is 5.31. The highest BCUT2D eigenvalue weighted by Crippen LogP contribution is 2.70. The number of carbonyl (C=O) groups excluding carboxylic acids is 1. The van der Waals surface area contributed by atoms with E-state index >= 15 is 0 Å². The Morgan fingerprint density at radius 3 is 2.68 bits per heavy atom. The van der Waals surface area contributed by atoms with Crippen LogP contribution >= 0.6 is 0 Å². The third-order valence-corrected chi connectivity index (χ3v) is 11.0. The molecule has 166 valence electrons. The van der Waals surface area contributed by atoms with Gasteiger partial charge >= 0.3 is 0 Å². The highest BCUT2D eigenvalue weighted by molar-refractivity contribution is 5.82. The van der Waals surface area contributed by atoms with Crippen LogP contribution in [0.4, 0.5) is 0 Å². The predicted octanol–water partition coefficient (Wildman–Crippen LogP) is 4.20. The van der Waals surface area contributed by atoms with Crippen LogP contribution in [0.15, 0.2) is 12.4 Å². The number of aromatic nitrogens is 2. The Hall–Kier alpha value is -1.67. The van der Waals surface area contributed by atoms with Gasteiger partial charge in [-0.2, -0.15) is 10.4 Å². The van der Waals surface area contributed by atoms with Crippen LogP contribution in [-0.2, 0) is 11.3 Å². The van der Waals surface area contributed by atoms with Gasteiger partial charge in [-0.15, -0.1) is 0 Å². The number of fused-ring (bicyclic) bond motifs is 7. The molecule has 0 bridgehead atoms. The first-order valence-corrected chi connectivity index (χ1v) is 12.5. The molecule has 0 saturated heterocycles. The van der Waals surface area contributed by atoms with Gasteiger partial charge in [-0.05, 0) is 98.2 Å². The molecule has 6 rings (SSSR count). The summed E-state index contributed by atoms with van der Waals surface area (Å²) in [5.41, 5.74) is 0.309. The second-order valence-electron chi connectivity index (χ2n) is 11.9. The average molecular weight is 422 g/mol. The van der Waals surface area contributed by atoms with Gasteiger partial charge in [-0.25, -0.2) is 0 Å². The molecule has 0 aliphatic heterocycles. The van der Waals surface area contributed by atoms with Gasteiger partial charge < -0.3 is 5.11 Å². The van der Waals surface area contributed by atoms with Crippen molar-refractivity contribution in [2.24, 2.45) is 52.8 Å². The summed E-state index contributed by atoms with van der Waals surface area (Å²) < 4.78 is 1.65. The number of hydrogen-bond acceptors (Lipinski definition) is 4. The smallest absolute Gasteiger partial charge is 0.157 e. The van der Waals surface area contributed by atoms with Crippen LogP contribution < -0.4 is 0 Å². The van der Waals surface area contributed by atoms with E-state index in [1.165, 1.54) is 38.5 Å². The Morgan fingerprint density at radius 2 is 1.90 bits per heavy atom. The molecule has 0 spiro atoms. The van der Waals surface area contributed by atoms with E-state index in [-0.39, 0.29) is 16.9 Å². The molecule has 5 saturated carbocycles. The first-order valence-electron chi connectivity index (χ1n) is 12.5. The van der Waals surface area contributed by atoms with Gasteiger partial charge in [0.05, 0.1) is 23.9 Å². The molecule has 10 atom stereocenters. The molecule has 1 heterocycles. The molecule has 1 aromatic heterocycles. The summed E-state index contributed by atoms with van der Waals surface area (Å²) in [6, 6.07) is 2.10. The topological polar surface area (TPSA) is 78.9 Å². The Labute approximate surface area is 185 Å². The van der Waals surface area contributed by atoms with Crippen molar-refractivity contribution in [2.45, 2.75) is 77.4 Å². The van der Waals surface area contributed by atoms with E-state index in [2.05, 4.69) is 25.0 Å². The lowest BCUT2D eigenvalue weighted by Gasteiger charge is -2.56. The first-order chi connectivity index (χ1) is 14.9. The average Bonchev–Trinajstić information content (AvgIpc) is 3.08. The van der Waals surface area contributed by atoms with E-state index in [1.807, 2.05) is 0 Å². The van der Waals surface area contributed by atoms with E-state index in [9.17, 15) is 9.90 Å². The molecule has 5 aliphatic rings. The molecule has 0 aromatic carbocycles. The van der Waals surface area contributed by atoms with Crippen LogP contribution in [0.25, 0.3) is 0 Å². The molecular weight excluding hydrogens is 386 g/mol. The van der Waals surface area contributed by atoms with Crippen molar-refractivity contribution in [3.8, 4) is 6.07 Å². The van der Waals surface area contributed by atoms with Gasteiger partial charge in [0.2, 0.25) is 0 Å². The zero-order valence-electron chi connectivity index (χ0n) is 18.8. The molecular formula is C26H35N3O2. The van der Waals surface area contributed by atoms with Crippen LogP contribution in [0.2, 0.25) is 0 Å². The molecule has 5 aliphatic carbocycles. The normalized spacial score (nSPS) is 49.9. The minimum atomic E-state index is -0.333. The molecule has 2 unspecified atom stereocenters. The number of aliphatic hydroxyl groups is 1. The molecule has 5 heteroatoms. The van der Waals surface area contributed by atoms with Crippen molar-refractivity contribution in [3.63, 3.8) is 0 Å². The largest absolute Gasteiger partial charge is 0.389 e. The van der Waals surface area contributed by atoms with Crippen molar-refractivity contribution in [2.75, 3.05) is 0 Å². The van der Waals surface area contributed by atoms with Gasteiger partial charge in [-0.1, -0.05) is 13.8 Å². The number of nitrogens with zero attached hydrogens (tertiary/aromatic N) is 3. The van der Waals surface area contributed by atoms with Gasteiger partial charge in [0.1, 0.15) is 6.07 Å². The minimum absolute atomic E-state index is 0.124. The van der Waals surface area contributed by atoms with Crippen molar-refractivity contribution in [1.29, 1.82) is 5.26 Å². The third-order valence-electron chi connectivity index (χ3n) is 11.0. The highest BCUT2D eigenvalue weighted by Gasteiger charge is 2.69. The van der Waals surface area contributed by atoms with Crippen molar-refractivity contribution in [3.05, 3.63) is 18.0 Å². The Morgan fingerprint density at radius 1 is 1.16 bits per heavy atom. The summed E-state index contributed by atoms with van der Waals surface area (Å²) in [6.45, 7) is 4.97. The van der Waals surface area contributed by atoms with Crippen LogP contribution in [0.5, 0.6) is 0 Å². The lowest BCUT2D eigenvalue weighted by atomic mass is 9.49. The van der Waals surface area contributed by atoms with Crippen LogP contribution in [0.3, 0.4) is 0 Å². The number of rotatable bonds is 3. The van der Waals surface area contributed by atoms with E-state index in [0.29, 0.717) is 35.6 Å². The number of carbonyl (C=O) groups is 1. The van der Waals surface area contributed by atoms with Crippen LogP contribution in [-0.4, -0.2) is 26.3 Å². The molecule has 0 radical (unpaired) electrons. The SMILES string of the molecule is CC1C2[C@@H]3CC[C@@H]4[C@H](CC[C@]5(C)[C@@H](C(=O)Cn6cc(C#N)cn6)CC[C@@H]45)[C@H]3CC[C@]12O. The zero-order chi connectivity index (χ0) is 21.5. The molecule has 5 nitrogen and oxygen atoms in total. The maximum absolute atomic E-state index is 13.3. The van der Waals surface area contributed by atoms with E-state index < -0.39 is 0 Å². The molecule has 0 amide bonds. The third kappa shape index (κ3) is 2.70. The Kier molecular flexibility index (Phi) is 4.30. The number of nitriles is 1. The highest BCUT2D eigenvalue weighted by atomic mass is 16.3. The van der Waals surface area contributed by atoms with E-state index in [0.717, 1.165) is 36.5 Å². The molecule has 1 N–H and O–H groups in total. The van der Waals surface area contributed by atoms with Gasteiger partial charge in [0.15, 0.2) is 5.78 Å². The standard InChI is InChI=1S/C26H35N3O2/c1-15-24-20-4-3-19-17(18(20)8-10-26(15,24)31)7-9-25(2)21(19)5-6-22(25)23(30)14-29-13-16(11-27)12-28-29/h12-13,15,17-22,24,31H,3-10,14H2,1-2H3/t15?,17-,18-,19-,20-,21+,22-,24?,25+,26+/m1/s1. The van der Waals surface area contributed by atoms with Crippen molar-refractivity contribution >= 4 is 5.78 Å². The summed E-state index contributed by atoms with van der Waals surface area (Å²) in [4.78, 5) is 13.3. The quantitative estimate of drug-likeness (QED) is 0.793. The fourth-order valence-corrected chi connectivity index (χ4v) is 9.54. The summed E-state index contributed by atoms with van der Waals surface area (Å²) in [5, 5.41) is 24.2. The second kappa shape index (κ2) is 6.67. The van der Waals surface area contributed by atoms with Crippen molar-refractivity contribution < 1.29 is 9.90 Å². The lowest BCUT2D eigenvalue weighted by molar-refractivity contribution is -0.131. The fraction of sp³-hybridized carbons (Fsp3) is 0.808. The maximum Gasteiger partial charge on any atom is 0.157 e. The Bertz CT molecular complexity index is 949. The summed E-state index contributed by atoms with van der Waals surface area (Å²) in [6.07, 6.45) is 12.7. The van der Waals surface area contributed by atoms with Gasteiger partial charge in [0.25, 0.3) is 0 Å². The number of hydrogen-bond donors (Lipinski definition) is 1. The van der Waals surface area contributed by atoms with Gasteiger partial charge in [-0.3, -0.25) is 9.48 Å². The van der Waals surface area contributed by atoms with Gasteiger partial charge in [0, 0.05) is 12.1 Å². The van der Waals surface area contributed by atoms with E-state index in [1.54, 1.807) is 17.1 Å².